The second-order valence-electron chi connectivity index (χ2n) is 7.79. The highest BCUT2D eigenvalue weighted by atomic mass is 32.2. The molecule has 7 heteroatoms. The Bertz CT molecular complexity index is 741. The molecule has 2 rings (SSSR count). The van der Waals surface area contributed by atoms with Crippen molar-refractivity contribution in [3.8, 4) is 0 Å². The zero-order valence-electron chi connectivity index (χ0n) is 15.4. The van der Waals surface area contributed by atoms with Crippen molar-refractivity contribution in [2.45, 2.75) is 45.4 Å². The fourth-order valence-corrected chi connectivity index (χ4v) is 4.67. The fourth-order valence-electron chi connectivity index (χ4n) is 2.99. The van der Waals surface area contributed by atoms with Crippen molar-refractivity contribution in [3.05, 3.63) is 29.6 Å². The molecule has 0 aliphatic carbocycles. The van der Waals surface area contributed by atoms with Gasteiger partial charge in [-0.05, 0) is 42.5 Å². The van der Waals surface area contributed by atoms with E-state index in [0.29, 0.717) is 38.0 Å². The maximum absolute atomic E-state index is 13.3. The third-order valence-corrected chi connectivity index (χ3v) is 6.30. The number of amides is 1. The average Bonchev–Trinajstić information content (AvgIpc) is 2.71. The van der Waals surface area contributed by atoms with Crippen molar-refractivity contribution in [2.24, 2.45) is 5.41 Å². The summed E-state index contributed by atoms with van der Waals surface area (Å²) in [4.78, 5) is 14.3. The highest BCUT2D eigenvalue weighted by Gasteiger charge is 2.30. The van der Waals surface area contributed by atoms with Crippen molar-refractivity contribution < 1.29 is 17.6 Å². The first-order valence-corrected chi connectivity index (χ1v) is 9.99. The summed E-state index contributed by atoms with van der Waals surface area (Å²) in [5, 5.41) is 0. The normalized spacial score (nSPS) is 17.4. The molecular formula is C18H27FN2O3S. The lowest BCUT2D eigenvalue weighted by atomic mass is 9.91. The SMILES string of the molecule is Cc1cc(F)ccc1S(=O)(=O)N1CCCN(C(=O)CC(C)(C)C)CC1. The van der Waals surface area contributed by atoms with Gasteiger partial charge in [0.1, 0.15) is 5.82 Å². The highest BCUT2D eigenvalue weighted by Crippen LogP contribution is 2.23. The van der Waals surface area contributed by atoms with E-state index in [9.17, 15) is 17.6 Å². The molecule has 0 atom stereocenters. The monoisotopic (exact) mass is 370 g/mol. The standard InChI is InChI=1S/C18H27FN2O3S/c1-14-12-15(19)6-7-16(14)25(23,24)21-9-5-8-20(10-11-21)17(22)13-18(2,3)4/h6-7,12H,5,8-11,13H2,1-4H3. The van der Waals surface area contributed by atoms with E-state index in [2.05, 4.69) is 0 Å². The molecule has 1 aromatic carbocycles. The number of nitrogens with zero attached hydrogens (tertiary/aromatic N) is 2. The van der Waals surface area contributed by atoms with E-state index < -0.39 is 15.8 Å². The quantitative estimate of drug-likeness (QED) is 0.822. The van der Waals surface area contributed by atoms with Gasteiger partial charge >= 0.3 is 0 Å². The second-order valence-corrected chi connectivity index (χ2v) is 9.69. The molecule has 1 heterocycles. The molecule has 0 radical (unpaired) electrons. The summed E-state index contributed by atoms with van der Waals surface area (Å²) in [6, 6.07) is 3.70. The number of sulfonamides is 1. The van der Waals surface area contributed by atoms with Crippen molar-refractivity contribution in [2.75, 3.05) is 26.2 Å². The van der Waals surface area contributed by atoms with E-state index in [0.717, 1.165) is 6.07 Å². The number of hydrogen-bond donors (Lipinski definition) is 0. The van der Waals surface area contributed by atoms with Crippen molar-refractivity contribution in [1.82, 2.24) is 9.21 Å². The number of carbonyl (C=O) groups excluding carboxylic acids is 1. The van der Waals surface area contributed by atoms with Gasteiger partial charge in [-0.3, -0.25) is 4.79 Å². The molecule has 1 aliphatic rings. The Morgan fingerprint density at radius 2 is 1.84 bits per heavy atom. The first kappa shape index (κ1) is 19.8. The van der Waals surface area contributed by atoms with Gasteiger partial charge in [-0.1, -0.05) is 20.8 Å². The highest BCUT2D eigenvalue weighted by molar-refractivity contribution is 7.89. The van der Waals surface area contributed by atoms with Crippen molar-refractivity contribution in [1.29, 1.82) is 0 Å². The third-order valence-electron chi connectivity index (χ3n) is 4.24. The lowest BCUT2D eigenvalue weighted by Crippen LogP contribution is -2.38. The predicted molar refractivity (Wildman–Crippen MR) is 95.2 cm³/mol. The molecule has 0 spiro atoms. The topological polar surface area (TPSA) is 57.7 Å². The lowest BCUT2D eigenvalue weighted by Gasteiger charge is -2.25. The maximum atomic E-state index is 13.3. The fraction of sp³-hybridized carbons (Fsp3) is 0.611. The van der Waals surface area contributed by atoms with Gasteiger partial charge in [0.25, 0.3) is 0 Å². The van der Waals surface area contributed by atoms with Crippen LogP contribution in [0.5, 0.6) is 0 Å². The van der Waals surface area contributed by atoms with E-state index >= 15 is 0 Å². The Hall–Kier alpha value is -1.47. The first-order chi connectivity index (χ1) is 11.5. The summed E-state index contributed by atoms with van der Waals surface area (Å²) < 4.78 is 40.4. The molecule has 5 nitrogen and oxygen atoms in total. The summed E-state index contributed by atoms with van der Waals surface area (Å²) in [7, 11) is -3.69. The van der Waals surface area contributed by atoms with Gasteiger partial charge < -0.3 is 4.90 Å². The Morgan fingerprint density at radius 3 is 2.44 bits per heavy atom. The lowest BCUT2D eigenvalue weighted by molar-refractivity contribution is -0.132. The minimum absolute atomic E-state index is 0.0599. The van der Waals surface area contributed by atoms with E-state index in [1.54, 1.807) is 11.8 Å². The summed E-state index contributed by atoms with van der Waals surface area (Å²) in [5.41, 5.74) is 0.297. The van der Waals surface area contributed by atoms with Crippen LogP contribution in [0.3, 0.4) is 0 Å². The van der Waals surface area contributed by atoms with E-state index in [1.807, 2.05) is 20.8 Å². The van der Waals surface area contributed by atoms with Crippen LogP contribution in [0, 0.1) is 18.2 Å². The third kappa shape index (κ3) is 5.01. The Labute approximate surface area is 149 Å². The number of halogens is 1. The van der Waals surface area contributed by atoms with E-state index in [4.69, 9.17) is 0 Å². The Kier molecular flexibility index (Phi) is 5.89. The number of aryl methyl sites for hydroxylation is 1. The van der Waals surface area contributed by atoms with E-state index in [-0.39, 0.29) is 22.8 Å². The molecule has 0 N–H and O–H groups in total. The van der Waals surface area contributed by atoms with Gasteiger partial charge in [0, 0.05) is 32.6 Å². The summed E-state index contributed by atoms with van der Waals surface area (Å²) in [6.45, 7) is 9.18. The molecule has 1 fully saturated rings. The number of rotatable bonds is 3. The van der Waals surface area contributed by atoms with Gasteiger partial charge in [-0.2, -0.15) is 4.31 Å². The van der Waals surface area contributed by atoms with Crippen molar-refractivity contribution >= 4 is 15.9 Å². The van der Waals surface area contributed by atoms with Crippen LogP contribution >= 0.6 is 0 Å². The number of hydrogen-bond acceptors (Lipinski definition) is 3. The van der Waals surface area contributed by atoms with Crippen LogP contribution in [0.1, 0.15) is 39.2 Å². The zero-order chi connectivity index (χ0) is 18.8. The van der Waals surface area contributed by atoms with Crippen molar-refractivity contribution in [3.63, 3.8) is 0 Å². The first-order valence-electron chi connectivity index (χ1n) is 8.55. The van der Waals surface area contributed by atoms with Crippen LogP contribution in [0.25, 0.3) is 0 Å². The number of benzene rings is 1. The van der Waals surface area contributed by atoms with Gasteiger partial charge in [0.2, 0.25) is 15.9 Å². The number of carbonyl (C=O) groups is 1. The summed E-state index contributed by atoms with van der Waals surface area (Å²) in [5.74, 6) is -0.393. The molecule has 1 aromatic rings. The Balaban J connectivity index is 2.13. The predicted octanol–water partition coefficient (Wildman–Crippen LogP) is 2.79. The van der Waals surface area contributed by atoms with E-state index in [1.165, 1.54) is 16.4 Å². The van der Waals surface area contributed by atoms with Crippen LogP contribution in [0.15, 0.2) is 23.1 Å². The molecule has 1 saturated heterocycles. The van der Waals surface area contributed by atoms with Gasteiger partial charge in [-0.25, -0.2) is 12.8 Å². The molecule has 0 aromatic heterocycles. The second kappa shape index (κ2) is 7.41. The molecule has 0 saturated carbocycles. The molecule has 140 valence electrons. The van der Waals surface area contributed by atoms with Gasteiger partial charge in [0.05, 0.1) is 4.90 Å². The summed E-state index contributed by atoms with van der Waals surface area (Å²) >= 11 is 0. The van der Waals surface area contributed by atoms with Crippen LogP contribution in [-0.4, -0.2) is 49.7 Å². The zero-order valence-corrected chi connectivity index (χ0v) is 16.2. The molecule has 1 aliphatic heterocycles. The molecule has 0 unspecified atom stereocenters. The molecule has 0 bridgehead atoms. The molecule has 1 amide bonds. The van der Waals surface area contributed by atoms with Crippen LogP contribution in [-0.2, 0) is 14.8 Å². The minimum atomic E-state index is -3.69. The average molecular weight is 370 g/mol. The van der Waals surface area contributed by atoms with Crippen LogP contribution in [0.2, 0.25) is 0 Å². The molecular weight excluding hydrogens is 343 g/mol. The van der Waals surface area contributed by atoms with Crippen LogP contribution < -0.4 is 0 Å². The van der Waals surface area contributed by atoms with Crippen LogP contribution in [0.4, 0.5) is 4.39 Å². The Morgan fingerprint density at radius 1 is 1.16 bits per heavy atom. The summed E-state index contributed by atoms with van der Waals surface area (Å²) in [6.07, 6.45) is 1.03. The maximum Gasteiger partial charge on any atom is 0.243 e. The van der Waals surface area contributed by atoms with Gasteiger partial charge in [0.15, 0.2) is 0 Å². The minimum Gasteiger partial charge on any atom is -0.341 e. The largest absolute Gasteiger partial charge is 0.341 e. The van der Waals surface area contributed by atoms with Gasteiger partial charge in [-0.15, -0.1) is 0 Å². The molecule has 25 heavy (non-hydrogen) atoms. The smallest absolute Gasteiger partial charge is 0.243 e.